The molecule has 27 heavy (non-hydrogen) atoms. The summed E-state index contributed by atoms with van der Waals surface area (Å²) in [5.74, 6) is -1.33. The molecule has 11 heteroatoms. The van der Waals surface area contributed by atoms with Crippen molar-refractivity contribution >= 4 is 23.5 Å². The van der Waals surface area contributed by atoms with Crippen LogP contribution in [0.25, 0.3) is 0 Å². The number of anilines is 2. The third kappa shape index (κ3) is 5.36. The van der Waals surface area contributed by atoms with E-state index in [0.717, 1.165) is 25.0 Å². The number of aromatic nitrogens is 2. The van der Waals surface area contributed by atoms with Crippen LogP contribution in [-0.4, -0.2) is 33.0 Å². The molecule has 2 aromatic rings. The third-order valence-electron chi connectivity index (χ3n) is 3.71. The SMILES string of the molecule is O=C(Nc1ccc(OC(F)(F)F)cc1)Nc1cn(CC2CC2)c(C(=O)O)n1. The number of hydrogen-bond donors (Lipinski definition) is 3. The molecule has 0 saturated heterocycles. The van der Waals surface area contributed by atoms with Crippen LogP contribution in [0.1, 0.15) is 23.5 Å². The normalized spacial score (nSPS) is 13.9. The van der Waals surface area contributed by atoms with Crippen molar-refractivity contribution in [2.75, 3.05) is 10.6 Å². The van der Waals surface area contributed by atoms with E-state index in [-0.39, 0.29) is 17.3 Å². The number of urea groups is 1. The van der Waals surface area contributed by atoms with Gasteiger partial charge in [0.1, 0.15) is 5.75 Å². The van der Waals surface area contributed by atoms with Gasteiger partial charge in [0, 0.05) is 18.4 Å². The minimum atomic E-state index is -4.80. The number of alkyl halides is 3. The smallest absolute Gasteiger partial charge is 0.475 e. The summed E-state index contributed by atoms with van der Waals surface area (Å²) in [6.45, 7) is 0.512. The van der Waals surface area contributed by atoms with Gasteiger partial charge in [-0.25, -0.2) is 14.6 Å². The molecule has 3 N–H and O–H groups in total. The van der Waals surface area contributed by atoms with Crippen molar-refractivity contribution in [3.8, 4) is 5.75 Å². The van der Waals surface area contributed by atoms with E-state index >= 15 is 0 Å². The summed E-state index contributed by atoms with van der Waals surface area (Å²) < 4.78 is 41.6. The fourth-order valence-corrected chi connectivity index (χ4v) is 2.38. The van der Waals surface area contributed by atoms with Gasteiger partial charge in [0.25, 0.3) is 0 Å². The van der Waals surface area contributed by atoms with E-state index in [0.29, 0.717) is 12.5 Å². The first-order valence-corrected chi connectivity index (χ1v) is 7.94. The quantitative estimate of drug-likeness (QED) is 0.707. The number of hydrogen-bond acceptors (Lipinski definition) is 4. The fraction of sp³-hybridized carbons (Fsp3) is 0.312. The molecular formula is C16H15F3N4O4. The molecule has 0 unspecified atom stereocenters. The van der Waals surface area contributed by atoms with Crippen LogP contribution in [0.2, 0.25) is 0 Å². The van der Waals surface area contributed by atoms with Crippen LogP contribution < -0.4 is 15.4 Å². The molecule has 144 valence electrons. The zero-order chi connectivity index (χ0) is 19.6. The van der Waals surface area contributed by atoms with Gasteiger partial charge in [0.2, 0.25) is 5.82 Å². The van der Waals surface area contributed by atoms with E-state index in [9.17, 15) is 27.9 Å². The largest absolute Gasteiger partial charge is 0.573 e. The van der Waals surface area contributed by atoms with E-state index in [1.807, 2.05) is 0 Å². The lowest BCUT2D eigenvalue weighted by Gasteiger charge is -2.10. The zero-order valence-corrected chi connectivity index (χ0v) is 13.8. The standard InChI is InChI=1S/C16H15F3N4O4/c17-16(18,19)27-11-5-3-10(4-6-11)20-15(26)22-12-8-23(7-9-1-2-9)13(21-12)14(24)25/h3-6,8-9H,1-2,7H2,(H,24,25)(H2,20,22,26). The number of benzene rings is 1. The number of carboxylic acid groups (broad SMARTS) is 1. The molecule has 0 atom stereocenters. The molecule has 3 rings (SSSR count). The van der Waals surface area contributed by atoms with Crippen LogP contribution in [0.3, 0.4) is 0 Å². The maximum absolute atomic E-state index is 12.1. The van der Waals surface area contributed by atoms with Gasteiger partial charge in [0.15, 0.2) is 5.82 Å². The molecule has 0 radical (unpaired) electrons. The number of amides is 2. The minimum Gasteiger partial charge on any atom is -0.475 e. The number of halogens is 3. The van der Waals surface area contributed by atoms with E-state index in [2.05, 4.69) is 20.4 Å². The topological polar surface area (TPSA) is 105 Å². The number of nitrogens with one attached hydrogen (secondary N) is 2. The van der Waals surface area contributed by atoms with Gasteiger partial charge in [-0.2, -0.15) is 0 Å². The first-order chi connectivity index (χ1) is 12.7. The average Bonchev–Trinajstić information content (AvgIpc) is 3.27. The van der Waals surface area contributed by atoms with Gasteiger partial charge in [-0.15, -0.1) is 13.2 Å². The van der Waals surface area contributed by atoms with Gasteiger partial charge >= 0.3 is 18.4 Å². The van der Waals surface area contributed by atoms with Gasteiger partial charge in [0.05, 0.1) is 0 Å². The van der Waals surface area contributed by atoms with Crippen molar-refractivity contribution in [2.45, 2.75) is 25.7 Å². The zero-order valence-electron chi connectivity index (χ0n) is 13.8. The van der Waals surface area contributed by atoms with Gasteiger partial charge in [-0.05, 0) is 43.0 Å². The van der Waals surface area contributed by atoms with E-state index in [4.69, 9.17) is 0 Å². The van der Waals surface area contributed by atoms with Gasteiger partial charge < -0.3 is 19.7 Å². The summed E-state index contributed by atoms with van der Waals surface area (Å²) in [5.41, 5.74) is 0.220. The molecule has 1 saturated carbocycles. The second kappa shape index (κ2) is 7.17. The first kappa shape index (κ1) is 18.5. The molecule has 1 aliphatic rings. The number of imidazole rings is 1. The second-order valence-electron chi connectivity index (χ2n) is 6.00. The lowest BCUT2D eigenvalue weighted by atomic mass is 10.3. The molecule has 0 aliphatic heterocycles. The first-order valence-electron chi connectivity index (χ1n) is 7.94. The summed E-state index contributed by atoms with van der Waals surface area (Å²) in [5, 5.41) is 14.0. The number of aromatic carboxylic acids is 1. The van der Waals surface area contributed by atoms with Crippen LogP contribution in [0.4, 0.5) is 29.5 Å². The van der Waals surface area contributed by atoms with Gasteiger partial charge in [-0.1, -0.05) is 0 Å². The molecule has 0 spiro atoms. The molecular weight excluding hydrogens is 369 g/mol. The fourth-order valence-electron chi connectivity index (χ4n) is 2.38. The van der Waals surface area contributed by atoms with E-state index in [1.165, 1.54) is 22.9 Å². The Morgan fingerprint density at radius 3 is 2.44 bits per heavy atom. The summed E-state index contributed by atoms with van der Waals surface area (Å²) in [6.07, 6.45) is -1.32. The van der Waals surface area contributed by atoms with Crippen molar-refractivity contribution in [3.05, 3.63) is 36.3 Å². The third-order valence-corrected chi connectivity index (χ3v) is 3.71. The van der Waals surface area contributed by atoms with Crippen LogP contribution in [0, 0.1) is 5.92 Å². The van der Waals surface area contributed by atoms with Gasteiger partial charge in [-0.3, -0.25) is 5.32 Å². The Kier molecular flexibility index (Phi) is 4.93. The Labute approximate surface area is 151 Å². The Morgan fingerprint density at radius 1 is 1.22 bits per heavy atom. The predicted molar refractivity (Wildman–Crippen MR) is 87.7 cm³/mol. The Morgan fingerprint density at radius 2 is 1.89 bits per heavy atom. The maximum atomic E-state index is 12.1. The number of rotatable bonds is 6. The molecule has 1 aromatic heterocycles. The number of carbonyl (C=O) groups excluding carboxylic acids is 1. The Bertz CT molecular complexity index is 844. The maximum Gasteiger partial charge on any atom is 0.573 e. The van der Waals surface area contributed by atoms with Crippen molar-refractivity contribution in [1.82, 2.24) is 9.55 Å². The Hall–Kier alpha value is -3.24. The minimum absolute atomic E-state index is 0.0579. The van der Waals surface area contributed by atoms with Crippen LogP contribution in [0.15, 0.2) is 30.5 Å². The Balaban J connectivity index is 1.61. The summed E-state index contributed by atoms with van der Waals surface area (Å²) in [4.78, 5) is 27.1. The molecule has 1 aliphatic carbocycles. The number of carboxylic acids is 1. The van der Waals surface area contributed by atoms with Crippen LogP contribution >= 0.6 is 0 Å². The van der Waals surface area contributed by atoms with E-state index < -0.39 is 24.1 Å². The van der Waals surface area contributed by atoms with Crippen molar-refractivity contribution in [2.24, 2.45) is 5.92 Å². The number of ether oxygens (including phenoxy) is 1. The lowest BCUT2D eigenvalue weighted by molar-refractivity contribution is -0.274. The summed E-state index contributed by atoms with van der Waals surface area (Å²) in [6, 6.07) is 3.85. The second-order valence-corrected chi connectivity index (χ2v) is 6.00. The van der Waals surface area contributed by atoms with Crippen molar-refractivity contribution in [1.29, 1.82) is 0 Å². The number of nitrogens with zero attached hydrogens (tertiary/aromatic N) is 2. The van der Waals surface area contributed by atoms with E-state index in [1.54, 1.807) is 0 Å². The van der Waals surface area contributed by atoms with Crippen molar-refractivity contribution in [3.63, 3.8) is 0 Å². The molecule has 0 bridgehead atoms. The molecule has 8 nitrogen and oxygen atoms in total. The van der Waals surface area contributed by atoms with Crippen molar-refractivity contribution < 1.29 is 32.6 Å². The highest BCUT2D eigenvalue weighted by Crippen LogP contribution is 2.31. The molecule has 1 fully saturated rings. The summed E-state index contributed by atoms with van der Waals surface area (Å²) in [7, 11) is 0. The predicted octanol–water partition coefficient (Wildman–Crippen LogP) is 3.53. The lowest BCUT2D eigenvalue weighted by Crippen LogP contribution is -2.20. The monoisotopic (exact) mass is 384 g/mol. The molecule has 2 amide bonds. The highest BCUT2D eigenvalue weighted by Gasteiger charge is 2.31. The highest BCUT2D eigenvalue weighted by atomic mass is 19.4. The molecule has 1 aromatic carbocycles. The summed E-state index contributed by atoms with van der Waals surface area (Å²) >= 11 is 0. The number of carbonyl (C=O) groups is 2. The molecule has 1 heterocycles. The highest BCUT2D eigenvalue weighted by molar-refractivity contribution is 5.99. The van der Waals surface area contributed by atoms with Crippen LogP contribution in [0.5, 0.6) is 5.75 Å². The van der Waals surface area contributed by atoms with Crippen LogP contribution in [-0.2, 0) is 6.54 Å². The average molecular weight is 384 g/mol.